The van der Waals surface area contributed by atoms with Crippen molar-refractivity contribution >= 4 is 12.0 Å². The Labute approximate surface area is 220 Å². The number of aromatic nitrogens is 2. The summed E-state index contributed by atoms with van der Waals surface area (Å²) in [5.41, 5.74) is 3.37. The summed E-state index contributed by atoms with van der Waals surface area (Å²) in [5.74, 6) is -0.0603. The lowest BCUT2D eigenvalue weighted by Gasteiger charge is -2.26. The van der Waals surface area contributed by atoms with Crippen molar-refractivity contribution in [2.24, 2.45) is 0 Å². The van der Waals surface area contributed by atoms with Crippen molar-refractivity contribution in [3.05, 3.63) is 108 Å². The number of nitrogens with zero attached hydrogens (tertiary/aromatic N) is 4. The van der Waals surface area contributed by atoms with Crippen LogP contribution < -0.4 is 4.74 Å². The average molecular weight is 509 g/mol. The fraction of sp³-hybridized carbons (Fsp3) is 0.167. The summed E-state index contributed by atoms with van der Waals surface area (Å²) in [5, 5.41) is 14.6. The van der Waals surface area contributed by atoms with Gasteiger partial charge in [0.15, 0.2) is 0 Å². The van der Waals surface area contributed by atoms with E-state index < -0.39 is 0 Å². The number of amides is 1. The predicted octanol–water partition coefficient (Wildman–Crippen LogP) is 5.02. The van der Waals surface area contributed by atoms with Gasteiger partial charge in [-0.15, -0.1) is 0 Å². The van der Waals surface area contributed by atoms with Gasteiger partial charge in [-0.1, -0.05) is 36.4 Å². The van der Waals surface area contributed by atoms with E-state index in [0.717, 1.165) is 11.3 Å². The van der Waals surface area contributed by atoms with Crippen molar-refractivity contribution in [3.63, 3.8) is 0 Å². The van der Waals surface area contributed by atoms with Crippen LogP contribution in [0.2, 0.25) is 0 Å². The molecule has 0 atom stereocenters. The lowest BCUT2D eigenvalue weighted by molar-refractivity contribution is -0.130. The van der Waals surface area contributed by atoms with Crippen LogP contribution in [0, 0.1) is 17.1 Å². The Morgan fingerprint density at radius 3 is 2.45 bits per heavy atom. The lowest BCUT2D eigenvalue weighted by atomic mass is 10.1. The Balaban J connectivity index is 1.45. The summed E-state index contributed by atoms with van der Waals surface area (Å²) in [6.45, 7) is 1.91. The van der Waals surface area contributed by atoms with E-state index >= 15 is 0 Å². The number of benzene rings is 3. The first-order valence-corrected chi connectivity index (χ1v) is 12.2. The molecular weight excluding hydrogens is 483 g/mol. The molecule has 1 aromatic heterocycles. The van der Waals surface area contributed by atoms with Gasteiger partial charge < -0.3 is 14.4 Å². The van der Waals surface area contributed by atoms with E-state index in [0.29, 0.717) is 48.9 Å². The molecule has 3 aromatic carbocycles. The van der Waals surface area contributed by atoms with Gasteiger partial charge in [0.25, 0.3) is 5.91 Å². The highest BCUT2D eigenvalue weighted by molar-refractivity contribution is 6.02. The van der Waals surface area contributed by atoms with E-state index in [-0.39, 0.29) is 23.9 Å². The monoisotopic (exact) mass is 508 g/mol. The predicted molar refractivity (Wildman–Crippen MR) is 141 cm³/mol. The Kier molecular flexibility index (Phi) is 7.57. The zero-order valence-corrected chi connectivity index (χ0v) is 20.6. The second-order valence-electron chi connectivity index (χ2n) is 8.69. The number of hydrogen-bond acceptors (Lipinski definition) is 5. The SMILES string of the molecule is N#CC(=Cc1cn(-c2ccccc2)nc1-c1ccc(OCc2ccccc2F)cc1)C(=O)N1CCOCC1. The van der Waals surface area contributed by atoms with Crippen LogP contribution in [-0.4, -0.2) is 46.9 Å². The summed E-state index contributed by atoms with van der Waals surface area (Å²) < 4.78 is 26.7. The number of rotatable bonds is 7. The van der Waals surface area contributed by atoms with Crippen LogP contribution in [0.3, 0.4) is 0 Å². The van der Waals surface area contributed by atoms with Gasteiger partial charge in [0.2, 0.25) is 0 Å². The quantitative estimate of drug-likeness (QED) is 0.259. The van der Waals surface area contributed by atoms with Gasteiger partial charge in [-0.2, -0.15) is 10.4 Å². The van der Waals surface area contributed by atoms with Gasteiger partial charge in [0.05, 0.1) is 24.6 Å². The number of morpholine rings is 1. The summed E-state index contributed by atoms with van der Waals surface area (Å²) >= 11 is 0. The molecule has 4 aromatic rings. The van der Waals surface area contributed by atoms with Crippen molar-refractivity contribution in [1.29, 1.82) is 5.26 Å². The molecule has 2 heterocycles. The van der Waals surface area contributed by atoms with Crippen LogP contribution in [0.4, 0.5) is 4.39 Å². The average Bonchev–Trinajstić information content (AvgIpc) is 3.40. The van der Waals surface area contributed by atoms with Gasteiger partial charge in [-0.05, 0) is 48.5 Å². The van der Waals surface area contributed by atoms with Gasteiger partial charge in [0, 0.05) is 36.0 Å². The van der Waals surface area contributed by atoms with Crippen LogP contribution in [0.15, 0.2) is 90.6 Å². The number of carbonyl (C=O) groups excluding carboxylic acids is 1. The van der Waals surface area contributed by atoms with Crippen molar-refractivity contribution in [2.75, 3.05) is 26.3 Å². The fourth-order valence-corrected chi connectivity index (χ4v) is 4.15. The number of hydrogen-bond donors (Lipinski definition) is 0. The van der Waals surface area contributed by atoms with E-state index in [4.69, 9.17) is 14.6 Å². The molecule has 0 unspecified atom stereocenters. The number of halogens is 1. The maximum Gasteiger partial charge on any atom is 0.264 e. The molecule has 1 aliphatic heterocycles. The molecule has 190 valence electrons. The second-order valence-corrected chi connectivity index (χ2v) is 8.69. The van der Waals surface area contributed by atoms with E-state index in [1.54, 1.807) is 52.2 Å². The maximum atomic E-state index is 13.9. The molecule has 0 saturated carbocycles. The first-order valence-electron chi connectivity index (χ1n) is 12.2. The van der Waals surface area contributed by atoms with E-state index in [9.17, 15) is 14.4 Å². The topological polar surface area (TPSA) is 80.4 Å². The van der Waals surface area contributed by atoms with Gasteiger partial charge in [-0.3, -0.25) is 4.79 Å². The molecule has 1 fully saturated rings. The molecular formula is C30H25FN4O3. The summed E-state index contributed by atoms with van der Waals surface area (Å²) in [6.07, 6.45) is 3.39. The normalized spacial score (nSPS) is 13.7. The van der Waals surface area contributed by atoms with Crippen molar-refractivity contribution in [2.45, 2.75) is 6.61 Å². The molecule has 1 saturated heterocycles. The van der Waals surface area contributed by atoms with Crippen LogP contribution in [0.25, 0.3) is 23.0 Å². The highest BCUT2D eigenvalue weighted by Gasteiger charge is 2.22. The summed E-state index contributed by atoms with van der Waals surface area (Å²) in [6, 6.07) is 25.4. The van der Waals surface area contributed by atoms with E-state index in [2.05, 4.69) is 6.07 Å². The fourth-order valence-electron chi connectivity index (χ4n) is 4.15. The van der Waals surface area contributed by atoms with E-state index in [1.165, 1.54) is 6.07 Å². The third kappa shape index (κ3) is 5.64. The first kappa shape index (κ1) is 24.9. The number of para-hydroxylation sites is 1. The van der Waals surface area contributed by atoms with Crippen molar-refractivity contribution in [1.82, 2.24) is 14.7 Å². The number of ether oxygens (including phenoxy) is 2. The van der Waals surface area contributed by atoms with Gasteiger partial charge in [-0.25, -0.2) is 9.07 Å². The standard InChI is InChI=1S/C30H25FN4O3/c31-28-9-5-4-6-23(28)21-38-27-12-10-22(11-13-27)29-25(20-35(33-29)26-7-2-1-3-8-26)18-24(19-32)30(36)34-14-16-37-17-15-34/h1-13,18,20H,14-17,21H2. The molecule has 5 rings (SSSR count). The van der Waals surface area contributed by atoms with Crippen LogP contribution in [0.5, 0.6) is 5.75 Å². The van der Waals surface area contributed by atoms with Crippen LogP contribution >= 0.6 is 0 Å². The minimum atomic E-state index is -0.328. The Morgan fingerprint density at radius 2 is 1.74 bits per heavy atom. The Bertz CT molecular complexity index is 1480. The molecule has 0 N–H and O–H groups in total. The zero-order valence-electron chi connectivity index (χ0n) is 20.6. The molecule has 38 heavy (non-hydrogen) atoms. The van der Waals surface area contributed by atoms with Crippen LogP contribution in [-0.2, 0) is 16.1 Å². The minimum Gasteiger partial charge on any atom is -0.489 e. The minimum absolute atomic E-state index is 0.0330. The largest absolute Gasteiger partial charge is 0.489 e. The molecule has 0 bridgehead atoms. The molecule has 1 aliphatic rings. The zero-order chi connectivity index (χ0) is 26.3. The van der Waals surface area contributed by atoms with Crippen LogP contribution in [0.1, 0.15) is 11.1 Å². The first-order chi connectivity index (χ1) is 18.6. The molecule has 0 spiro atoms. The van der Waals surface area contributed by atoms with Gasteiger partial charge >= 0.3 is 0 Å². The second kappa shape index (κ2) is 11.5. The molecule has 1 amide bonds. The smallest absolute Gasteiger partial charge is 0.264 e. The van der Waals surface area contributed by atoms with Crippen molar-refractivity contribution < 1.29 is 18.7 Å². The van der Waals surface area contributed by atoms with E-state index in [1.807, 2.05) is 42.5 Å². The third-order valence-corrected chi connectivity index (χ3v) is 6.19. The lowest BCUT2D eigenvalue weighted by Crippen LogP contribution is -2.41. The molecule has 7 nitrogen and oxygen atoms in total. The number of carbonyl (C=O) groups is 1. The van der Waals surface area contributed by atoms with Crippen molar-refractivity contribution in [3.8, 4) is 28.8 Å². The highest BCUT2D eigenvalue weighted by atomic mass is 19.1. The number of nitriles is 1. The highest BCUT2D eigenvalue weighted by Crippen LogP contribution is 2.28. The Morgan fingerprint density at radius 1 is 1.03 bits per heavy atom. The Hall–Kier alpha value is -4.74. The molecule has 0 radical (unpaired) electrons. The summed E-state index contributed by atoms with van der Waals surface area (Å²) in [7, 11) is 0. The van der Waals surface area contributed by atoms with Gasteiger partial charge in [0.1, 0.15) is 29.8 Å². The summed E-state index contributed by atoms with van der Waals surface area (Å²) in [4.78, 5) is 14.7. The third-order valence-electron chi connectivity index (χ3n) is 6.19. The molecule has 0 aliphatic carbocycles. The molecule has 8 heteroatoms. The maximum absolute atomic E-state index is 13.9.